The molecular formula is C23H25N5O. The van der Waals surface area contributed by atoms with Gasteiger partial charge in [0, 0.05) is 37.6 Å². The van der Waals surface area contributed by atoms with Crippen LogP contribution in [0.25, 0.3) is 0 Å². The number of hydrogen-bond acceptors (Lipinski definition) is 5. The molecule has 1 aliphatic heterocycles. The monoisotopic (exact) mass is 387 g/mol. The topological polar surface area (TPSA) is 61.4 Å². The Morgan fingerprint density at radius 2 is 1.55 bits per heavy atom. The molecule has 6 nitrogen and oxygen atoms in total. The Morgan fingerprint density at radius 3 is 2.17 bits per heavy atom. The van der Waals surface area contributed by atoms with Gasteiger partial charge >= 0.3 is 0 Å². The number of anilines is 3. The zero-order valence-corrected chi connectivity index (χ0v) is 16.8. The van der Waals surface area contributed by atoms with Crippen molar-refractivity contribution in [3.8, 4) is 0 Å². The molecule has 0 unspecified atom stereocenters. The first-order valence-corrected chi connectivity index (χ1v) is 9.87. The summed E-state index contributed by atoms with van der Waals surface area (Å²) < 4.78 is 0. The Kier molecular flexibility index (Phi) is 5.42. The maximum Gasteiger partial charge on any atom is 0.274 e. The zero-order chi connectivity index (χ0) is 20.2. The molecule has 0 atom stereocenters. The van der Waals surface area contributed by atoms with Crippen molar-refractivity contribution in [1.29, 1.82) is 0 Å². The molecule has 148 valence electrons. The molecule has 0 aliphatic carbocycles. The molecule has 2 heterocycles. The van der Waals surface area contributed by atoms with Crippen molar-refractivity contribution in [1.82, 2.24) is 15.1 Å². The van der Waals surface area contributed by atoms with Gasteiger partial charge in [-0.25, -0.2) is 0 Å². The van der Waals surface area contributed by atoms with E-state index in [2.05, 4.69) is 64.6 Å². The molecule has 0 saturated carbocycles. The highest BCUT2D eigenvalue weighted by atomic mass is 16.2. The van der Waals surface area contributed by atoms with Gasteiger partial charge in [-0.15, -0.1) is 10.2 Å². The molecule has 6 heteroatoms. The number of carbonyl (C=O) groups is 1. The molecule has 1 N–H and O–H groups in total. The van der Waals surface area contributed by atoms with Crippen LogP contribution in [0.3, 0.4) is 0 Å². The number of aromatic nitrogens is 2. The van der Waals surface area contributed by atoms with E-state index in [1.54, 1.807) is 12.1 Å². The smallest absolute Gasteiger partial charge is 0.274 e. The summed E-state index contributed by atoms with van der Waals surface area (Å²) in [7, 11) is 0. The number of piperazine rings is 1. The van der Waals surface area contributed by atoms with Crippen LogP contribution in [0.4, 0.5) is 17.2 Å². The van der Waals surface area contributed by atoms with Crippen LogP contribution in [0.1, 0.15) is 21.6 Å². The second kappa shape index (κ2) is 8.31. The molecule has 29 heavy (non-hydrogen) atoms. The number of carbonyl (C=O) groups excluding carboxylic acids is 1. The van der Waals surface area contributed by atoms with E-state index in [1.165, 1.54) is 16.8 Å². The second-order valence-electron chi connectivity index (χ2n) is 7.42. The van der Waals surface area contributed by atoms with E-state index in [-0.39, 0.29) is 5.91 Å². The molecule has 3 aromatic rings. The predicted octanol–water partition coefficient (Wildman–Crippen LogP) is 3.80. The summed E-state index contributed by atoms with van der Waals surface area (Å²) in [6.45, 7) is 7.10. The summed E-state index contributed by atoms with van der Waals surface area (Å²) in [5.74, 6) is 0.559. The lowest BCUT2D eigenvalue weighted by atomic mass is 10.1. The summed E-state index contributed by atoms with van der Waals surface area (Å²) in [6.07, 6.45) is 0. The van der Waals surface area contributed by atoms with Crippen LogP contribution in [0.2, 0.25) is 0 Å². The van der Waals surface area contributed by atoms with Crippen molar-refractivity contribution >= 4 is 23.1 Å². The minimum absolute atomic E-state index is 0.0665. The largest absolute Gasteiger partial charge is 0.368 e. The average Bonchev–Trinajstić information content (AvgIpc) is 2.74. The maximum atomic E-state index is 12.8. The number of benzene rings is 2. The molecule has 1 aromatic heterocycles. The van der Waals surface area contributed by atoms with Crippen molar-refractivity contribution in [2.45, 2.75) is 13.8 Å². The molecular weight excluding hydrogens is 362 g/mol. The lowest BCUT2D eigenvalue weighted by molar-refractivity contribution is 0.0739. The van der Waals surface area contributed by atoms with Crippen LogP contribution >= 0.6 is 0 Å². The van der Waals surface area contributed by atoms with Gasteiger partial charge in [-0.1, -0.05) is 24.3 Å². The first kappa shape index (κ1) is 18.9. The number of hydrogen-bond donors (Lipinski definition) is 1. The van der Waals surface area contributed by atoms with Crippen molar-refractivity contribution in [3.63, 3.8) is 0 Å². The second-order valence-corrected chi connectivity index (χ2v) is 7.42. The van der Waals surface area contributed by atoms with E-state index in [9.17, 15) is 4.79 Å². The van der Waals surface area contributed by atoms with Gasteiger partial charge in [0.25, 0.3) is 5.91 Å². The molecule has 1 aliphatic rings. The fourth-order valence-corrected chi connectivity index (χ4v) is 3.68. The summed E-state index contributed by atoms with van der Waals surface area (Å²) in [6, 6.07) is 20.1. The van der Waals surface area contributed by atoms with Gasteiger partial charge in [0.05, 0.1) is 0 Å². The Bertz CT molecular complexity index is 960. The SMILES string of the molecule is Cc1cc(C)cc(Nc2ccc(C(=O)N3CCN(c4ccccc4)CC3)nn2)c1. The van der Waals surface area contributed by atoms with Crippen LogP contribution in [0, 0.1) is 13.8 Å². The van der Waals surface area contributed by atoms with E-state index in [4.69, 9.17) is 0 Å². The summed E-state index contributed by atoms with van der Waals surface area (Å²) in [4.78, 5) is 16.9. The average molecular weight is 387 g/mol. The van der Waals surface area contributed by atoms with E-state index in [0.717, 1.165) is 18.8 Å². The van der Waals surface area contributed by atoms with Crippen LogP contribution in [-0.4, -0.2) is 47.2 Å². The fraction of sp³-hybridized carbons (Fsp3) is 0.261. The quantitative estimate of drug-likeness (QED) is 0.738. The van der Waals surface area contributed by atoms with Crippen LogP contribution in [0.5, 0.6) is 0 Å². The van der Waals surface area contributed by atoms with Crippen molar-refractivity contribution in [3.05, 3.63) is 77.5 Å². The van der Waals surface area contributed by atoms with Crippen LogP contribution in [0.15, 0.2) is 60.7 Å². The van der Waals surface area contributed by atoms with Crippen molar-refractivity contribution in [2.24, 2.45) is 0 Å². The van der Waals surface area contributed by atoms with Crippen LogP contribution in [-0.2, 0) is 0 Å². The van der Waals surface area contributed by atoms with Gasteiger partial charge in [-0.05, 0) is 61.4 Å². The minimum atomic E-state index is -0.0665. The number of rotatable bonds is 4. The molecule has 0 spiro atoms. The Morgan fingerprint density at radius 1 is 0.862 bits per heavy atom. The molecule has 0 radical (unpaired) electrons. The number of aryl methyl sites for hydroxylation is 2. The van der Waals surface area contributed by atoms with E-state index in [1.807, 2.05) is 23.1 Å². The highest BCUT2D eigenvalue weighted by Gasteiger charge is 2.23. The lowest BCUT2D eigenvalue weighted by Crippen LogP contribution is -2.49. The zero-order valence-electron chi connectivity index (χ0n) is 16.8. The van der Waals surface area contributed by atoms with Gasteiger partial charge in [-0.3, -0.25) is 4.79 Å². The third-order valence-electron chi connectivity index (χ3n) is 5.07. The van der Waals surface area contributed by atoms with Gasteiger partial charge in [0.1, 0.15) is 0 Å². The highest BCUT2D eigenvalue weighted by molar-refractivity contribution is 5.92. The molecule has 2 aromatic carbocycles. The number of para-hydroxylation sites is 1. The summed E-state index contributed by atoms with van der Waals surface area (Å²) in [5.41, 5.74) is 4.90. The molecule has 1 saturated heterocycles. The van der Waals surface area contributed by atoms with Crippen LogP contribution < -0.4 is 10.2 Å². The Hall–Kier alpha value is -3.41. The molecule has 1 fully saturated rings. The molecule has 4 rings (SSSR count). The lowest BCUT2D eigenvalue weighted by Gasteiger charge is -2.35. The summed E-state index contributed by atoms with van der Waals surface area (Å²) in [5, 5.41) is 11.6. The number of nitrogens with one attached hydrogen (secondary N) is 1. The van der Waals surface area contributed by atoms with E-state index < -0.39 is 0 Å². The first-order valence-electron chi connectivity index (χ1n) is 9.87. The highest BCUT2D eigenvalue weighted by Crippen LogP contribution is 2.19. The molecule has 1 amide bonds. The summed E-state index contributed by atoms with van der Waals surface area (Å²) >= 11 is 0. The van der Waals surface area contributed by atoms with Crippen molar-refractivity contribution < 1.29 is 4.79 Å². The minimum Gasteiger partial charge on any atom is -0.368 e. The standard InChI is InChI=1S/C23H25N5O/c1-17-14-18(2)16-19(15-17)24-22-9-8-21(25-26-22)23(29)28-12-10-27(11-13-28)20-6-4-3-5-7-20/h3-9,14-16H,10-13H2,1-2H3,(H,24,26). The third-order valence-corrected chi connectivity index (χ3v) is 5.07. The Labute approximate surface area is 171 Å². The van der Waals surface area contributed by atoms with E-state index >= 15 is 0 Å². The van der Waals surface area contributed by atoms with Gasteiger partial charge in [0.15, 0.2) is 11.5 Å². The first-order chi connectivity index (χ1) is 14.1. The van der Waals surface area contributed by atoms with Crippen molar-refractivity contribution in [2.75, 3.05) is 36.4 Å². The van der Waals surface area contributed by atoms with Gasteiger partial charge in [0.2, 0.25) is 0 Å². The number of amides is 1. The van der Waals surface area contributed by atoms with Gasteiger partial charge in [-0.2, -0.15) is 0 Å². The maximum absolute atomic E-state index is 12.8. The van der Waals surface area contributed by atoms with Gasteiger partial charge < -0.3 is 15.1 Å². The predicted molar refractivity (Wildman–Crippen MR) is 116 cm³/mol. The third kappa shape index (κ3) is 4.54. The van der Waals surface area contributed by atoms with E-state index in [0.29, 0.717) is 24.6 Å². The molecule has 0 bridgehead atoms. The fourth-order valence-electron chi connectivity index (χ4n) is 3.68. The normalized spacial score (nSPS) is 14.0. The Balaban J connectivity index is 1.37. The number of nitrogens with zero attached hydrogens (tertiary/aromatic N) is 4.